The molecular weight excluding hydrogens is 294 g/mol. The lowest BCUT2D eigenvalue weighted by atomic mass is 10.2. The molecule has 0 saturated heterocycles. The van der Waals surface area contributed by atoms with Crippen LogP contribution in [0.15, 0.2) is 64.7 Å². The quantitative estimate of drug-likeness (QED) is 0.694. The molecule has 0 saturated carbocycles. The smallest absolute Gasteiger partial charge is 0.251 e. The highest BCUT2D eigenvalue weighted by Gasteiger charge is 2.05. The minimum Gasteiger partial charge on any atom is -0.251 e. The van der Waals surface area contributed by atoms with Gasteiger partial charge in [-0.15, -0.1) is 0 Å². The van der Waals surface area contributed by atoms with Gasteiger partial charge in [0.25, 0.3) is 0 Å². The second kappa shape index (κ2) is 6.58. The highest BCUT2D eigenvalue weighted by atomic mass is 32.2. The highest BCUT2D eigenvalue weighted by molar-refractivity contribution is 7.99. The van der Waals surface area contributed by atoms with Crippen LogP contribution in [0.1, 0.15) is 11.1 Å². The molecule has 0 bridgehead atoms. The van der Waals surface area contributed by atoms with E-state index in [1.54, 1.807) is 6.20 Å². The fraction of sp³-hybridized carbons (Fsp3) is 0.118. The highest BCUT2D eigenvalue weighted by Crippen LogP contribution is 2.14. The van der Waals surface area contributed by atoms with Crippen LogP contribution >= 0.6 is 11.8 Å². The van der Waals surface area contributed by atoms with E-state index in [9.17, 15) is 4.79 Å². The number of rotatable bonds is 4. The number of hydrogen-bond acceptors (Lipinski definition) is 4. The van der Waals surface area contributed by atoms with Gasteiger partial charge in [0.05, 0.1) is 0 Å². The Bertz CT molecular complexity index is 872. The summed E-state index contributed by atoms with van der Waals surface area (Å²) in [6.07, 6.45) is 5.78. The van der Waals surface area contributed by atoms with Crippen molar-refractivity contribution in [1.82, 2.24) is 14.4 Å². The molecule has 2 aromatic heterocycles. The Kier molecular flexibility index (Phi) is 4.34. The van der Waals surface area contributed by atoms with Gasteiger partial charge in [0.15, 0.2) is 5.16 Å². The van der Waals surface area contributed by atoms with Gasteiger partial charge in [-0.3, -0.25) is 4.40 Å². The van der Waals surface area contributed by atoms with Gasteiger partial charge in [-0.25, -0.2) is 9.78 Å². The van der Waals surface area contributed by atoms with Crippen molar-refractivity contribution in [2.75, 3.05) is 5.75 Å². The largest absolute Gasteiger partial charge is 0.355 e. The summed E-state index contributed by atoms with van der Waals surface area (Å²) in [5, 5.41) is 0.511. The van der Waals surface area contributed by atoms with Crippen molar-refractivity contribution in [2.45, 2.75) is 12.1 Å². The van der Waals surface area contributed by atoms with Gasteiger partial charge in [0, 0.05) is 11.9 Å². The zero-order chi connectivity index (χ0) is 15.4. The van der Waals surface area contributed by atoms with Crippen LogP contribution in [-0.2, 0) is 0 Å². The second-order valence-electron chi connectivity index (χ2n) is 4.80. The Labute approximate surface area is 132 Å². The Morgan fingerprint density at radius 1 is 1.14 bits per heavy atom. The van der Waals surface area contributed by atoms with Crippen LogP contribution in [0.3, 0.4) is 0 Å². The number of benzene rings is 1. The monoisotopic (exact) mass is 309 g/mol. The van der Waals surface area contributed by atoms with Crippen molar-refractivity contribution < 1.29 is 0 Å². The molecule has 4 nitrogen and oxygen atoms in total. The molecule has 1 aromatic carbocycles. The third-order valence-corrected chi connectivity index (χ3v) is 3.98. The van der Waals surface area contributed by atoms with Crippen molar-refractivity contribution in [2.24, 2.45) is 0 Å². The molecule has 0 unspecified atom stereocenters. The van der Waals surface area contributed by atoms with Gasteiger partial charge in [0.1, 0.15) is 5.65 Å². The summed E-state index contributed by atoms with van der Waals surface area (Å²) < 4.78 is 1.47. The van der Waals surface area contributed by atoms with Crippen LogP contribution in [0.25, 0.3) is 11.7 Å². The lowest BCUT2D eigenvalue weighted by molar-refractivity contribution is 0.843. The van der Waals surface area contributed by atoms with E-state index in [2.05, 4.69) is 9.97 Å². The number of nitrogens with zero attached hydrogens (tertiary/aromatic N) is 3. The molecule has 22 heavy (non-hydrogen) atoms. The summed E-state index contributed by atoms with van der Waals surface area (Å²) in [7, 11) is 0. The topological polar surface area (TPSA) is 47.3 Å². The van der Waals surface area contributed by atoms with E-state index in [1.165, 1.54) is 16.2 Å². The Balaban J connectivity index is 1.76. The molecule has 0 atom stereocenters. The van der Waals surface area contributed by atoms with Gasteiger partial charge in [-0.05, 0) is 24.1 Å². The maximum absolute atomic E-state index is 12.0. The lowest BCUT2D eigenvalue weighted by Gasteiger charge is -2.03. The Hall–Kier alpha value is -2.40. The molecule has 3 rings (SSSR count). The summed E-state index contributed by atoms with van der Waals surface area (Å²) in [6.45, 7) is 1.94. The van der Waals surface area contributed by atoms with Gasteiger partial charge >= 0.3 is 5.69 Å². The zero-order valence-corrected chi connectivity index (χ0v) is 13.0. The maximum Gasteiger partial charge on any atom is 0.355 e. The number of hydrogen-bond donors (Lipinski definition) is 0. The molecule has 0 aliphatic heterocycles. The fourth-order valence-corrected chi connectivity index (χ4v) is 2.73. The molecule has 0 aliphatic rings. The van der Waals surface area contributed by atoms with Crippen LogP contribution in [-0.4, -0.2) is 20.1 Å². The first-order chi connectivity index (χ1) is 10.7. The summed E-state index contributed by atoms with van der Waals surface area (Å²) in [5.41, 5.74) is 2.49. The second-order valence-corrected chi connectivity index (χ2v) is 5.78. The van der Waals surface area contributed by atoms with E-state index in [-0.39, 0.29) is 5.69 Å². The molecular formula is C17H15N3OS. The van der Waals surface area contributed by atoms with E-state index in [1.807, 2.05) is 61.5 Å². The van der Waals surface area contributed by atoms with Crippen molar-refractivity contribution in [1.29, 1.82) is 0 Å². The summed E-state index contributed by atoms with van der Waals surface area (Å²) in [6, 6.07) is 13.8. The first-order valence-corrected chi connectivity index (χ1v) is 7.93. The normalized spacial score (nSPS) is 11.3. The number of aryl methyl sites for hydroxylation is 1. The summed E-state index contributed by atoms with van der Waals surface area (Å²) >= 11 is 1.46. The van der Waals surface area contributed by atoms with Gasteiger partial charge in [-0.1, -0.05) is 60.3 Å². The van der Waals surface area contributed by atoms with E-state index < -0.39 is 0 Å². The third kappa shape index (κ3) is 3.26. The first kappa shape index (κ1) is 14.5. The maximum atomic E-state index is 12.0. The molecule has 0 amide bonds. The Morgan fingerprint density at radius 3 is 2.77 bits per heavy atom. The van der Waals surface area contributed by atoms with Crippen molar-refractivity contribution in [3.05, 3.63) is 76.3 Å². The van der Waals surface area contributed by atoms with E-state index in [0.29, 0.717) is 10.8 Å². The summed E-state index contributed by atoms with van der Waals surface area (Å²) in [5.74, 6) is 0.719. The number of fused-ring (bicyclic) bond motifs is 1. The van der Waals surface area contributed by atoms with Crippen LogP contribution in [0.5, 0.6) is 0 Å². The Morgan fingerprint density at radius 2 is 1.95 bits per heavy atom. The number of thioether (sulfide) groups is 1. The standard InChI is InChI=1S/C17H15N3OS/c1-13-7-5-11-20-15(13)18-16(19-17(20)21)22-12-6-10-14-8-3-2-4-9-14/h2-11H,12H2,1H3/b10-6+. The fourth-order valence-electron chi connectivity index (χ4n) is 2.09. The average molecular weight is 309 g/mol. The van der Waals surface area contributed by atoms with Gasteiger partial charge in [0.2, 0.25) is 0 Å². The predicted molar refractivity (Wildman–Crippen MR) is 90.2 cm³/mol. The molecule has 0 aliphatic carbocycles. The molecule has 0 spiro atoms. The number of aromatic nitrogens is 3. The molecule has 5 heteroatoms. The minimum absolute atomic E-state index is 0.289. The molecule has 3 aromatic rings. The lowest BCUT2D eigenvalue weighted by Crippen LogP contribution is -2.19. The van der Waals surface area contributed by atoms with Crippen LogP contribution in [0.4, 0.5) is 0 Å². The SMILES string of the molecule is Cc1cccn2c(=O)nc(SC/C=C/c3ccccc3)nc12. The average Bonchev–Trinajstić information content (AvgIpc) is 2.54. The summed E-state index contributed by atoms with van der Waals surface area (Å²) in [4.78, 5) is 20.5. The van der Waals surface area contributed by atoms with Crippen molar-refractivity contribution in [3.63, 3.8) is 0 Å². The van der Waals surface area contributed by atoms with E-state index in [4.69, 9.17) is 0 Å². The first-order valence-electron chi connectivity index (χ1n) is 6.94. The van der Waals surface area contributed by atoms with E-state index >= 15 is 0 Å². The molecule has 0 N–H and O–H groups in total. The third-order valence-electron chi connectivity index (χ3n) is 3.18. The van der Waals surface area contributed by atoms with Gasteiger partial charge in [-0.2, -0.15) is 4.98 Å². The zero-order valence-electron chi connectivity index (χ0n) is 12.1. The van der Waals surface area contributed by atoms with E-state index in [0.717, 1.165) is 16.9 Å². The minimum atomic E-state index is -0.289. The predicted octanol–water partition coefficient (Wildman–Crippen LogP) is 3.20. The van der Waals surface area contributed by atoms with Gasteiger partial charge < -0.3 is 0 Å². The van der Waals surface area contributed by atoms with Crippen molar-refractivity contribution >= 4 is 23.5 Å². The van der Waals surface area contributed by atoms with Crippen LogP contribution < -0.4 is 5.69 Å². The van der Waals surface area contributed by atoms with Crippen molar-refractivity contribution in [3.8, 4) is 0 Å². The van der Waals surface area contributed by atoms with Crippen LogP contribution in [0.2, 0.25) is 0 Å². The molecule has 0 fully saturated rings. The molecule has 110 valence electrons. The number of pyridine rings is 1. The molecule has 2 heterocycles. The van der Waals surface area contributed by atoms with Crippen LogP contribution in [0, 0.1) is 6.92 Å². The molecule has 0 radical (unpaired) electrons.